The normalized spacial score (nSPS) is 12.5. The fourth-order valence-corrected chi connectivity index (χ4v) is 3.02. The minimum Gasteiger partial charge on any atom is -1.00 e. The summed E-state index contributed by atoms with van der Waals surface area (Å²) in [5.74, 6) is 0. The summed E-state index contributed by atoms with van der Waals surface area (Å²) in [4.78, 5) is 0. The Bertz CT molecular complexity index is 282. The third-order valence-corrected chi connectivity index (χ3v) is 3.78. The molecule has 0 unspecified atom stereocenters. The van der Waals surface area contributed by atoms with Crippen LogP contribution in [0.15, 0.2) is 26.2 Å². The van der Waals surface area contributed by atoms with E-state index in [1.165, 1.54) is 18.4 Å². The predicted octanol–water partition coefficient (Wildman–Crippen LogP) is -1.92. The van der Waals surface area contributed by atoms with Crippen molar-refractivity contribution in [1.82, 2.24) is 0 Å². The predicted molar refractivity (Wildman–Crippen MR) is 66.1 cm³/mol. The topological polar surface area (TPSA) is 12.4 Å². The summed E-state index contributed by atoms with van der Waals surface area (Å²) >= 11 is 2.21. The average molecular weight is 327 g/mol. The van der Waals surface area contributed by atoms with Gasteiger partial charge in [-0.1, -0.05) is 0 Å². The molecule has 0 aromatic rings. The Labute approximate surface area is 132 Å². The third kappa shape index (κ3) is 13.0. The zero-order valence-electron chi connectivity index (χ0n) is 11.3. The molecule has 0 spiro atoms. The Morgan fingerprint density at radius 1 is 1.35 bits per heavy atom. The Morgan fingerprint density at radius 3 is 2.00 bits per heavy atom. The van der Waals surface area contributed by atoms with Crippen LogP contribution in [0.1, 0.15) is 33.6 Å². The summed E-state index contributed by atoms with van der Waals surface area (Å²) in [6, 6.07) is 0.545. The van der Waals surface area contributed by atoms with Crippen LogP contribution in [0.5, 0.6) is 0 Å². The molecule has 0 saturated carbocycles. The quantitative estimate of drug-likeness (QED) is 0.525. The van der Waals surface area contributed by atoms with Crippen LogP contribution in [-0.4, -0.2) is 14.6 Å². The van der Waals surface area contributed by atoms with Crippen LogP contribution in [0.4, 0.5) is 0 Å². The van der Waals surface area contributed by atoms with Crippen molar-refractivity contribution in [2.24, 2.45) is 4.63 Å². The summed E-state index contributed by atoms with van der Waals surface area (Å²) in [6.07, 6.45) is 6.84. The van der Waals surface area contributed by atoms with E-state index in [4.69, 9.17) is 0 Å². The molecule has 0 aromatic carbocycles. The van der Waals surface area contributed by atoms with Crippen LogP contribution in [0, 0.1) is 0 Å². The maximum Gasteiger partial charge on any atom is -1.00 e. The summed E-state index contributed by atoms with van der Waals surface area (Å²) in [7, 11) is -0.309. The second kappa shape index (κ2) is 13.2. The van der Waals surface area contributed by atoms with Crippen molar-refractivity contribution in [2.45, 2.75) is 52.7 Å². The molecule has 17 heavy (non-hydrogen) atoms. The van der Waals surface area contributed by atoms with E-state index in [1.807, 2.05) is 0 Å². The number of nitrogens with zero attached hydrogens (tertiary/aromatic N) is 1. The number of rotatable bonds is 2. The molecule has 1 rings (SSSR count). The van der Waals surface area contributed by atoms with E-state index in [1.54, 1.807) is 3.88 Å². The Hall–Kier alpha value is 0.791. The zero-order chi connectivity index (χ0) is 11.8. The van der Waals surface area contributed by atoms with Crippen molar-refractivity contribution in [2.75, 3.05) is 0 Å². The summed E-state index contributed by atoms with van der Waals surface area (Å²) < 4.78 is 5.93. The molecule has 0 radical (unpaired) electrons. The van der Waals surface area contributed by atoms with Gasteiger partial charge < -0.3 is 29.4 Å². The summed E-state index contributed by atoms with van der Waals surface area (Å²) in [5, 5.41) is 0. The molecule has 5 heteroatoms. The van der Waals surface area contributed by atoms with Gasteiger partial charge in [-0.05, 0) is 26.9 Å². The first-order chi connectivity index (χ1) is 6.97. The summed E-state index contributed by atoms with van der Waals surface area (Å²) in [6.45, 7) is 10.8. The first-order valence-corrected chi connectivity index (χ1v) is 8.81. The van der Waals surface area contributed by atoms with Gasteiger partial charge in [0.1, 0.15) is 8.59 Å². The van der Waals surface area contributed by atoms with Crippen LogP contribution in [-0.2, 0) is 20.4 Å². The van der Waals surface area contributed by atoms with E-state index >= 15 is 0 Å². The monoisotopic (exact) mass is 326 g/mol. The molecule has 0 atom stereocenters. The molecule has 0 heterocycles. The van der Waals surface area contributed by atoms with Crippen molar-refractivity contribution < 1.29 is 45.2 Å². The van der Waals surface area contributed by atoms with E-state index in [0.717, 1.165) is 0 Å². The van der Waals surface area contributed by atoms with Gasteiger partial charge in [-0.25, -0.2) is 0 Å². The maximum absolute atomic E-state index is 4.38. The fourth-order valence-electron chi connectivity index (χ4n) is 1.40. The third-order valence-electron chi connectivity index (χ3n) is 1.93. The molecule has 0 N–H and O–H groups in total. The number of hydrogen-bond acceptors (Lipinski definition) is 1. The Morgan fingerprint density at radius 2 is 1.88 bits per heavy atom. The standard InChI is InChI=1S/C7H9.C5H13NSi.2ClH.Ti/c1-2-7-5-3-4-6-7;1-5(2)6-7(3)4;;;/h3,5H,2,4H2,1H3;5H,1-4H3;2*1H;/q;;;;+2/p-2. The minimum absolute atomic E-state index is 0. The molecule has 0 saturated heterocycles. The number of allylic oxidation sites excluding steroid dienone is 4. The van der Waals surface area contributed by atoms with Gasteiger partial charge in [0, 0.05) is 6.04 Å². The van der Waals surface area contributed by atoms with E-state index in [2.05, 4.69) is 71.1 Å². The van der Waals surface area contributed by atoms with E-state index in [9.17, 15) is 0 Å². The number of hydrogen-bond donors (Lipinski definition) is 0. The van der Waals surface area contributed by atoms with E-state index in [0.29, 0.717) is 6.04 Å². The smallest absolute Gasteiger partial charge is 1.00 e. The first-order valence-electron chi connectivity index (χ1n) is 5.58. The van der Waals surface area contributed by atoms with Gasteiger partial charge >= 0.3 is 61.8 Å². The second-order valence-corrected chi connectivity index (χ2v) is 7.23. The van der Waals surface area contributed by atoms with Gasteiger partial charge in [-0.3, -0.25) is 0 Å². The fraction of sp³-hybridized carbons (Fsp3) is 0.667. The van der Waals surface area contributed by atoms with Gasteiger partial charge in [0.25, 0.3) is 0 Å². The van der Waals surface area contributed by atoms with Crippen molar-refractivity contribution in [1.29, 1.82) is 0 Å². The Kier molecular flexibility index (Phi) is 17.8. The van der Waals surface area contributed by atoms with Gasteiger partial charge in [-0.2, -0.15) is 0 Å². The van der Waals surface area contributed by atoms with Gasteiger partial charge in [-0.15, -0.1) is 0 Å². The van der Waals surface area contributed by atoms with Crippen LogP contribution in [0.25, 0.3) is 0 Å². The molecular formula is C12H22Cl2NSiTi. The molecule has 1 aliphatic rings. The second-order valence-electron chi connectivity index (χ2n) is 4.13. The SMILES string of the molecule is CC(C)N=[Si](C)C.CCC1=[C]([Ti+2])CC=C1.[Cl-].[Cl-]. The van der Waals surface area contributed by atoms with Crippen molar-refractivity contribution in [3.8, 4) is 0 Å². The van der Waals surface area contributed by atoms with Gasteiger partial charge in [0.15, 0.2) is 0 Å². The van der Waals surface area contributed by atoms with Crippen LogP contribution in [0.3, 0.4) is 0 Å². The molecular weight excluding hydrogens is 305 g/mol. The van der Waals surface area contributed by atoms with Gasteiger partial charge in [0.2, 0.25) is 0 Å². The first kappa shape index (κ1) is 22.9. The minimum atomic E-state index is -0.309. The molecule has 0 bridgehead atoms. The number of halogens is 2. The molecule has 0 aromatic heterocycles. The average Bonchev–Trinajstić information content (AvgIpc) is 2.49. The van der Waals surface area contributed by atoms with Crippen molar-refractivity contribution >= 4 is 8.59 Å². The van der Waals surface area contributed by atoms with E-state index < -0.39 is 0 Å². The molecule has 1 nitrogen and oxygen atoms in total. The molecule has 0 fully saturated rings. The molecule has 0 amide bonds. The Balaban J connectivity index is -0.000000208. The van der Waals surface area contributed by atoms with Crippen LogP contribution >= 0.6 is 0 Å². The largest absolute Gasteiger partial charge is 1.00 e. The molecule has 1 aliphatic carbocycles. The van der Waals surface area contributed by atoms with Crippen LogP contribution in [0.2, 0.25) is 13.1 Å². The molecule has 97 valence electrons. The van der Waals surface area contributed by atoms with Crippen LogP contribution < -0.4 is 24.8 Å². The molecule has 0 aliphatic heterocycles. The summed E-state index contributed by atoms with van der Waals surface area (Å²) in [5.41, 5.74) is 1.53. The maximum atomic E-state index is 4.38. The van der Waals surface area contributed by atoms with Crippen molar-refractivity contribution in [3.63, 3.8) is 0 Å². The zero-order valence-corrected chi connectivity index (χ0v) is 15.4. The van der Waals surface area contributed by atoms with Crippen molar-refractivity contribution in [3.05, 3.63) is 21.6 Å². The van der Waals surface area contributed by atoms with E-state index in [-0.39, 0.29) is 33.4 Å². The van der Waals surface area contributed by atoms with Gasteiger partial charge in [0.05, 0.1) is 0 Å².